The Morgan fingerprint density at radius 3 is 2.70 bits per heavy atom. The molecule has 0 amide bonds. The van der Waals surface area contributed by atoms with E-state index in [1.807, 2.05) is 0 Å². The number of alkyl halides is 1. The average Bonchev–Trinajstić information content (AvgIpc) is 1.96. The van der Waals surface area contributed by atoms with Gasteiger partial charge in [-0.05, 0) is 12.2 Å². The van der Waals surface area contributed by atoms with Gasteiger partial charge in [-0.25, -0.2) is 4.39 Å². The SMILES string of the molecule is N#CC1(N)C=CC=CC1F. The summed E-state index contributed by atoms with van der Waals surface area (Å²) in [6.07, 6.45) is 4.34. The van der Waals surface area contributed by atoms with Gasteiger partial charge in [0.25, 0.3) is 0 Å². The fourth-order valence-electron chi connectivity index (χ4n) is 0.727. The number of nitrogens with two attached hydrogens (primary N) is 1. The smallest absolute Gasteiger partial charge is 0.158 e. The topological polar surface area (TPSA) is 49.8 Å². The second-order valence-corrected chi connectivity index (χ2v) is 2.19. The summed E-state index contributed by atoms with van der Waals surface area (Å²) < 4.78 is 12.7. The Morgan fingerprint density at radius 1 is 1.60 bits per heavy atom. The van der Waals surface area contributed by atoms with Gasteiger partial charge in [-0.1, -0.05) is 12.2 Å². The number of rotatable bonds is 0. The predicted molar refractivity (Wildman–Crippen MR) is 35.7 cm³/mol. The van der Waals surface area contributed by atoms with Crippen molar-refractivity contribution in [3.63, 3.8) is 0 Å². The Morgan fingerprint density at radius 2 is 2.30 bits per heavy atom. The molecule has 0 fully saturated rings. The highest BCUT2D eigenvalue weighted by atomic mass is 19.1. The summed E-state index contributed by atoms with van der Waals surface area (Å²) in [4.78, 5) is 0. The van der Waals surface area contributed by atoms with Crippen LogP contribution in [0, 0.1) is 11.3 Å². The van der Waals surface area contributed by atoms with Crippen molar-refractivity contribution in [1.29, 1.82) is 5.26 Å². The monoisotopic (exact) mass is 138 g/mol. The van der Waals surface area contributed by atoms with Gasteiger partial charge in [-0.3, -0.25) is 0 Å². The molecule has 0 heterocycles. The minimum atomic E-state index is -1.45. The number of nitrogens with zero attached hydrogens (tertiary/aromatic N) is 1. The summed E-state index contributed by atoms with van der Waals surface area (Å²) in [6, 6.07) is 1.69. The van der Waals surface area contributed by atoms with E-state index in [0.29, 0.717) is 0 Å². The summed E-state index contributed by atoms with van der Waals surface area (Å²) in [5.41, 5.74) is 3.88. The molecule has 0 aromatic carbocycles. The predicted octanol–water partition coefficient (Wildman–Crippen LogP) is 0.672. The largest absolute Gasteiger partial charge is 0.307 e. The van der Waals surface area contributed by atoms with Crippen LogP contribution in [0.25, 0.3) is 0 Å². The molecule has 1 rings (SSSR count). The van der Waals surface area contributed by atoms with E-state index in [2.05, 4.69) is 0 Å². The minimum absolute atomic E-state index is 1.27. The highest BCUT2D eigenvalue weighted by Gasteiger charge is 2.32. The fraction of sp³-hybridized carbons (Fsp3) is 0.286. The van der Waals surface area contributed by atoms with Gasteiger partial charge < -0.3 is 5.73 Å². The standard InChI is InChI=1S/C7H7FN2/c8-6-3-1-2-4-7(6,10)5-9/h1-4,6H,10H2. The lowest BCUT2D eigenvalue weighted by Gasteiger charge is -2.20. The Kier molecular flexibility index (Phi) is 1.56. The molecule has 0 bridgehead atoms. The van der Waals surface area contributed by atoms with Crippen LogP contribution >= 0.6 is 0 Å². The summed E-state index contributed by atoms with van der Waals surface area (Å²) >= 11 is 0. The number of hydrogen-bond acceptors (Lipinski definition) is 2. The van der Waals surface area contributed by atoms with E-state index < -0.39 is 11.7 Å². The van der Waals surface area contributed by atoms with Crippen molar-refractivity contribution < 1.29 is 4.39 Å². The fourth-order valence-corrected chi connectivity index (χ4v) is 0.727. The Balaban J connectivity index is 2.91. The molecule has 0 aromatic heterocycles. The first kappa shape index (κ1) is 6.97. The first-order chi connectivity index (χ1) is 4.69. The molecule has 0 saturated carbocycles. The number of allylic oxidation sites excluding steroid dienone is 2. The molecule has 0 radical (unpaired) electrons. The van der Waals surface area contributed by atoms with E-state index in [1.54, 1.807) is 12.1 Å². The van der Waals surface area contributed by atoms with Crippen molar-refractivity contribution >= 4 is 0 Å². The lowest BCUT2D eigenvalue weighted by Crippen LogP contribution is -2.45. The van der Waals surface area contributed by atoms with Crippen molar-refractivity contribution in [2.24, 2.45) is 5.73 Å². The van der Waals surface area contributed by atoms with E-state index in [-0.39, 0.29) is 0 Å². The molecule has 2 atom stereocenters. The second-order valence-electron chi connectivity index (χ2n) is 2.19. The number of hydrogen-bond donors (Lipinski definition) is 1. The van der Waals surface area contributed by atoms with Crippen LogP contribution in [0.3, 0.4) is 0 Å². The van der Waals surface area contributed by atoms with Crippen molar-refractivity contribution in [3.8, 4) is 6.07 Å². The molecule has 10 heavy (non-hydrogen) atoms. The first-order valence-corrected chi connectivity index (χ1v) is 2.89. The molecule has 3 heteroatoms. The molecule has 1 aliphatic carbocycles. The lowest BCUT2D eigenvalue weighted by molar-refractivity contribution is 0.324. The zero-order valence-electron chi connectivity index (χ0n) is 5.29. The summed E-state index contributed by atoms with van der Waals surface area (Å²) in [6.45, 7) is 0. The van der Waals surface area contributed by atoms with Gasteiger partial charge >= 0.3 is 0 Å². The third-order valence-electron chi connectivity index (χ3n) is 1.41. The van der Waals surface area contributed by atoms with Gasteiger partial charge in [0, 0.05) is 0 Å². The highest BCUT2D eigenvalue weighted by Crippen LogP contribution is 2.16. The van der Waals surface area contributed by atoms with Crippen molar-refractivity contribution in [1.82, 2.24) is 0 Å². The normalized spacial score (nSPS) is 37.5. The van der Waals surface area contributed by atoms with Crippen LogP contribution in [0.2, 0.25) is 0 Å². The summed E-state index contributed by atoms with van der Waals surface area (Å²) in [5.74, 6) is 0. The summed E-state index contributed by atoms with van der Waals surface area (Å²) in [7, 11) is 0. The molecule has 0 spiro atoms. The maximum Gasteiger partial charge on any atom is 0.158 e. The molecular formula is C7H7FN2. The van der Waals surface area contributed by atoms with Crippen LogP contribution in [-0.4, -0.2) is 11.7 Å². The third-order valence-corrected chi connectivity index (χ3v) is 1.41. The quantitative estimate of drug-likeness (QED) is 0.535. The molecule has 0 saturated heterocycles. The first-order valence-electron chi connectivity index (χ1n) is 2.89. The number of halogens is 1. The molecule has 0 aliphatic heterocycles. The highest BCUT2D eigenvalue weighted by molar-refractivity contribution is 5.32. The van der Waals surface area contributed by atoms with E-state index in [1.165, 1.54) is 18.2 Å². The second kappa shape index (κ2) is 2.24. The maximum absolute atomic E-state index is 12.7. The maximum atomic E-state index is 12.7. The molecule has 1 aliphatic rings. The van der Waals surface area contributed by atoms with E-state index >= 15 is 0 Å². The Hall–Kier alpha value is -1.14. The summed E-state index contributed by atoms with van der Waals surface area (Å²) in [5, 5.41) is 8.42. The lowest BCUT2D eigenvalue weighted by atomic mass is 9.92. The average molecular weight is 138 g/mol. The van der Waals surface area contributed by atoms with Gasteiger partial charge in [-0.2, -0.15) is 5.26 Å². The Labute approximate surface area is 58.4 Å². The number of nitriles is 1. The van der Waals surface area contributed by atoms with Gasteiger partial charge in [0.05, 0.1) is 6.07 Å². The molecule has 2 nitrogen and oxygen atoms in total. The van der Waals surface area contributed by atoms with Gasteiger partial charge in [0.2, 0.25) is 0 Å². The minimum Gasteiger partial charge on any atom is -0.307 e. The van der Waals surface area contributed by atoms with E-state index in [0.717, 1.165) is 0 Å². The molecular weight excluding hydrogens is 131 g/mol. The van der Waals surface area contributed by atoms with Crippen molar-refractivity contribution in [2.75, 3.05) is 0 Å². The molecule has 52 valence electrons. The third kappa shape index (κ3) is 0.937. The molecule has 2 N–H and O–H groups in total. The van der Waals surface area contributed by atoms with Crippen LogP contribution in [0.4, 0.5) is 4.39 Å². The van der Waals surface area contributed by atoms with Crippen LogP contribution in [0.15, 0.2) is 24.3 Å². The van der Waals surface area contributed by atoms with Gasteiger partial charge in [-0.15, -0.1) is 0 Å². The van der Waals surface area contributed by atoms with Crippen LogP contribution in [0.1, 0.15) is 0 Å². The van der Waals surface area contributed by atoms with Crippen LogP contribution < -0.4 is 5.73 Å². The van der Waals surface area contributed by atoms with Crippen LogP contribution in [-0.2, 0) is 0 Å². The molecule has 2 unspecified atom stereocenters. The van der Waals surface area contributed by atoms with Crippen molar-refractivity contribution in [2.45, 2.75) is 11.7 Å². The zero-order chi connectivity index (χ0) is 7.61. The van der Waals surface area contributed by atoms with E-state index in [4.69, 9.17) is 11.0 Å². The Bertz CT molecular complexity index is 226. The van der Waals surface area contributed by atoms with Crippen LogP contribution in [0.5, 0.6) is 0 Å². The van der Waals surface area contributed by atoms with Gasteiger partial charge in [0.15, 0.2) is 11.7 Å². The van der Waals surface area contributed by atoms with Gasteiger partial charge in [0.1, 0.15) is 0 Å². The van der Waals surface area contributed by atoms with E-state index in [9.17, 15) is 4.39 Å². The zero-order valence-corrected chi connectivity index (χ0v) is 5.29. The molecule has 0 aromatic rings. The van der Waals surface area contributed by atoms with Crippen molar-refractivity contribution in [3.05, 3.63) is 24.3 Å².